The van der Waals surface area contributed by atoms with Crippen molar-refractivity contribution in [1.82, 2.24) is 30.2 Å². The van der Waals surface area contributed by atoms with Gasteiger partial charge in [-0.1, -0.05) is 0 Å². The Labute approximate surface area is 252 Å². The van der Waals surface area contributed by atoms with Crippen molar-refractivity contribution >= 4 is 28.5 Å². The molecule has 0 saturated carbocycles. The third-order valence-electron chi connectivity index (χ3n) is 9.51. The van der Waals surface area contributed by atoms with E-state index in [1.807, 2.05) is 25.9 Å². The highest BCUT2D eigenvalue weighted by atomic mass is 19.4. The zero-order chi connectivity index (χ0) is 32.4. The van der Waals surface area contributed by atoms with Gasteiger partial charge in [0.1, 0.15) is 28.2 Å². The number of aryl methyl sites for hydroxylation is 1. The summed E-state index contributed by atoms with van der Waals surface area (Å²) in [6.07, 6.45) is -11.3. The average molecular weight is 642 g/mol. The number of piperazine rings is 1. The van der Waals surface area contributed by atoms with E-state index in [2.05, 4.69) is 20.3 Å². The first-order chi connectivity index (χ1) is 21.0. The molecule has 7 heterocycles. The molecule has 0 unspecified atom stereocenters. The van der Waals surface area contributed by atoms with E-state index in [0.717, 1.165) is 13.0 Å². The van der Waals surface area contributed by atoms with Crippen LogP contribution in [0.1, 0.15) is 31.0 Å². The van der Waals surface area contributed by atoms with Crippen molar-refractivity contribution in [3.63, 3.8) is 0 Å². The average Bonchev–Trinajstić information content (AvgIpc) is 3.22. The second-order valence-corrected chi connectivity index (χ2v) is 12.7. The summed E-state index contributed by atoms with van der Waals surface area (Å²) in [5.74, 6) is -2.30. The number of halogens is 7. The van der Waals surface area contributed by atoms with Crippen LogP contribution >= 0.6 is 0 Å². The molecular formula is C28H30F7N9O. The van der Waals surface area contributed by atoms with Crippen LogP contribution in [0.25, 0.3) is 22.2 Å². The molecule has 0 aliphatic carbocycles. The standard InChI is InChI=1S/C28H30F7N9O/c1-11-17(27(30,31)32)13(7-15(36)37-11)19-18(29)20-16-23(41-25(40-20)43-9-26(2,10-43)42(3)4)44-8-12-5-6-14(38-12)21(44)22(28(33,34)35)45-24(16)39-19/h7,12,14,21-22,38H,5-6,8-10H2,1-4H3,(H2,36,37)/t12-,14+,21+,22-/m1/s1. The van der Waals surface area contributed by atoms with E-state index in [-0.39, 0.29) is 41.1 Å². The maximum atomic E-state index is 16.7. The van der Waals surface area contributed by atoms with Gasteiger partial charge in [-0.25, -0.2) is 19.3 Å². The van der Waals surface area contributed by atoms with E-state index < -0.39 is 70.3 Å². The smallest absolute Gasteiger partial charge is 0.427 e. The van der Waals surface area contributed by atoms with Crippen LogP contribution in [0.5, 0.6) is 5.88 Å². The molecule has 10 nitrogen and oxygen atoms in total. The zero-order valence-corrected chi connectivity index (χ0v) is 24.7. The number of nitrogens with one attached hydrogen (secondary N) is 1. The van der Waals surface area contributed by atoms with Crippen LogP contribution in [-0.4, -0.2) is 94.5 Å². The quantitative estimate of drug-likeness (QED) is 0.409. The number of anilines is 3. The lowest BCUT2D eigenvalue weighted by atomic mass is 9.91. The van der Waals surface area contributed by atoms with Crippen molar-refractivity contribution in [2.75, 3.05) is 49.3 Å². The van der Waals surface area contributed by atoms with Crippen molar-refractivity contribution < 1.29 is 35.5 Å². The van der Waals surface area contributed by atoms with Crippen LogP contribution in [0.3, 0.4) is 0 Å². The molecule has 4 aliphatic rings. The summed E-state index contributed by atoms with van der Waals surface area (Å²) < 4.78 is 110. The Kier molecular flexibility index (Phi) is 6.42. The molecule has 3 aromatic heterocycles. The Morgan fingerprint density at radius 3 is 2.42 bits per heavy atom. The molecule has 3 saturated heterocycles. The van der Waals surface area contributed by atoms with Gasteiger partial charge in [0.25, 0.3) is 0 Å². The molecule has 0 spiro atoms. The highest BCUT2D eigenvalue weighted by Crippen LogP contribution is 2.48. The first-order valence-corrected chi connectivity index (χ1v) is 14.4. The predicted octanol–water partition coefficient (Wildman–Crippen LogP) is 3.91. The van der Waals surface area contributed by atoms with Crippen LogP contribution in [0.15, 0.2) is 6.07 Å². The molecular weight excluding hydrogens is 611 g/mol. The number of likely N-dealkylation sites (N-methyl/N-ethyl adjacent to an activating group) is 1. The maximum absolute atomic E-state index is 16.7. The van der Waals surface area contributed by atoms with Gasteiger partial charge in [0, 0.05) is 37.3 Å². The van der Waals surface area contributed by atoms with Gasteiger partial charge in [0.15, 0.2) is 5.82 Å². The summed E-state index contributed by atoms with van der Waals surface area (Å²) in [5.41, 5.74) is 1.43. The van der Waals surface area contributed by atoms with Gasteiger partial charge in [-0.3, -0.25) is 0 Å². The molecule has 4 aliphatic heterocycles. The van der Waals surface area contributed by atoms with Crippen molar-refractivity contribution in [3.05, 3.63) is 23.1 Å². The number of fused-ring (bicyclic) bond motifs is 5. The molecule has 3 N–H and O–H groups in total. The zero-order valence-electron chi connectivity index (χ0n) is 24.7. The van der Waals surface area contributed by atoms with Crippen LogP contribution in [0.4, 0.5) is 48.3 Å². The molecule has 0 radical (unpaired) electrons. The fraction of sp³-hybridized carbons (Fsp3) is 0.571. The molecule has 4 atom stereocenters. The number of rotatable bonds is 3. The third kappa shape index (κ3) is 4.60. The molecule has 2 bridgehead atoms. The van der Waals surface area contributed by atoms with Crippen LogP contribution < -0.4 is 25.6 Å². The van der Waals surface area contributed by atoms with Crippen LogP contribution in [0, 0.1) is 12.7 Å². The first-order valence-electron chi connectivity index (χ1n) is 14.4. The summed E-state index contributed by atoms with van der Waals surface area (Å²) >= 11 is 0. The third-order valence-corrected chi connectivity index (χ3v) is 9.51. The second kappa shape index (κ2) is 9.64. The maximum Gasteiger partial charge on any atom is 0.427 e. The van der Waals surface area contributed by atoms with E-state index in [1.54, 1.807) is 4.90 Å². The Morgan fingerprint density at radius 1 is 1.07 bits per heavy atom. The number of alkyl halides is 6. The highest BCUT2D eigenvalue weighted by molar-refractivity contribution is 5.98. The van der Waals surface area contributed by atoms with Gasteiger partial charge >= 0.3 is 12.4 Å². The van der Waals surface area contributed by atoms with Gasteiger partial charge < -0.3 is 30.5 Å². The molecule has 0 aromatic carbocycles. The minimum atomic E-state index is -5.02. The Bertz CT molecular complexity index is 1710. The summed E-state index contributed by atoms with van der Waals surface area (Å²) in [6, 6.07) is -1.29. The summed E-state index contributed by atoms with van der Waals surface area (Å²) in [6.45, 7) is 4.03. The largest absolute Gasteiger partial charge is 0.462 e. The van der Waals surface area contributed by atoms with E-state index in [1.165, 1.54) is 4.90 Å². The normalized spacial score (nSPS) is 25.7. The van der Waals surface area contributed by atoms with Crippen molar-refractivity contribution in [2.45, 2.75) is 68.8 Å². The summed E-state index contributed by atoms with van der Waals surface area (Å²) in [5, 5.41) is 2.99. The van der Waals surface area contributed by atoms with Gasteiger partial charge in [-0.05, 0) is 46.9 Å². The van der Waals surface area contributed by atoms with E-state index >= 15 is 4.39 Å². The minimum absolute atomic E-state index is 0.00183. The molecule has 3 aromatic rings. The van der Waals surface area contributed by atoms with E-state index in [9.17, 15) is 26.3 Å². The molecule has 17 heteroatoms. The summed E-state index contributed by atoms with van der Waals surface area (Å²) in [7, 11) is 3.79. The number of aromatic nitrogens is 4. The van der Waals surface area contributed by atoms with Crippen molar-refractivity contribution in [2.24, 2.45) is 0 Å². The van der Waals surface area contributed by atoms with E-state index in [0.29, 0.717) is 25.9 Å². The number of ether oxygens (including phenoxy) is 1. The van der Waals surface area contributed by atoms with Gasteiger partial charge in [0.05, 0.1) is 22.8 Å². The topological polar surface area (TPSA) is 109 Å². The SMILES string of the molecule is Cc1nc(N)cc(-c2nc3c4c(nc(N5CC(C)(N(C)C)C5)nc4c2F)N2C[C@H]4CC[C@H](N4)[C@H]2[C@H](C(F)(F)F)O3)c1C(F)(F)F. The minimum Gasteiger partial charge on any atom is -0.462 e. The predicted molar refractivity (Wildman–Crippen MR) is 151 cm³/mol. The van der Waals surface area contributed by atoms with Crippen molar-refractivity contribution in [3.8, 4) is 17.1 Å². The van der Waals surface area contributed by atoms with Crippen molar-refractivity contribution in [1.29, 1.82) is 0 Å². The Hall–Kier alpha value is -3.73. The fourth-order valence-electron chi connectivity index (χ4n) is 7.06. The number of nitrogens with two attached hydrogens (primary N) is 1. The Balaban J connectivity index is 1.52. The summed E-state index contributed by atoms with van der Waals surface area (Å²) in [4.78, 5) is 22.1. The Morgan fingerprint density at radius 2 is 1.78 bits per heavy atom. The molecule has 0 amide bonds. The van der Waals surface area contributed by atoms with Gasteiger partial charge in [-0.2, -0.15) is 31.3 Å². The number of pyridine rings is 2. The molecule has 45 heavy (non-hydrogen) atoms. The fourth-order valence-corrected chi connectivity index (χ4v) is 7.06. The lowest BCUT2D eigenvalue weighted by Gasteiger charge is -2.52. The van der Waals surface area contributed by atoms with Crippen LogP contribution in [0.2, 0.25) is 0 Å². The number of hydrogen-bond donors (Lipinski definition) is 2. The van der Waals surface area contributed by atoms with Gasteiger partial charge in [-0.15, -0.1) is 0 Å². The number of hydrogen-bond acceptors (Lipinski definition) is 10. The number of nitrogen functional groups attached to an aromatic ring is 1. The lowest BCUT2D eigenvalue weighted by molar-refractivity contribution is -0.203. The highest BCUT2D eigenvalue weighted by Gasteiger charge is 2.57. The monoisotopic (exact) mass is 641 g/mol. The molecule has 3 fully saturated rings. The number of nitrogens with zero attached hydrogens (tertiary/aromatic N) is 7. The van der Waals surface area contributed by atoms with Gasteiger partial charge in [0.2, 0.25) is 17.9 Å². The van der Waals surface area contributed by atoms with E-state index in [4.69, 9.17) is 15.5 Å². The molecule has 242 valence electrons. The second-order valence-electron chi connectivity index (χ2n) is 12.7. The first kappa shape index (κ1) is 30.0. The van der Waals surface area contributed by atoms with Crippen LogP contribution in [-0.2, 0) is 6.18 Å². The molecule has 7 rings (SSSR count). The lowest BCUT2D eigenvalue weighted by Crippen LogP contribution is -2.67.